The number of nitrogens with one attached hydrogen (secondary N) is 1. The predicted molar refractivity (Wildman–Crippen MR) is 406 cm³/mol. The minimum absolute atomic E-state index is 0.231. The molecular formula is C84H155NO13. The van der Waals surface area contributed by atoms with Crippen LogP contribution < -0.4 is 5.32 Å². The van der Waals surface area contributed by atoms with Crippen molar-refractivity contribution in [1.29, 1.82) is 0 Å². The van der Waals surface area contributed by atoms with Gasteiger partial charge in [-0.1, -0.05) is 370 Å². The molecule has 2 rings (SSSR count). The van der Waals surface area contributed by atoms with Crippen molar-refractivity contribution in [3.63, 3.8) is 0 Å². The molecule has 0 saturated carbocycles. The number of ether oxygens (including phenoxy) is 4. The van der Waals surface area contributed by atoms with Gasteiger partial charge in [-0.2, -0.15) is 0 Å². The van der Waals surface area contributed by atoms with Crippen LogP contribution in [0.3, 0.4) is 0 Å². The molecule has 0 aromatic rings. The number of allylic oxidation sites excluding steroid dienone is 9. The lowest BCUT2D eigenvalue weighted by Gasteiger charge is -2.46. The average Bonchev–Trinajstić information content (AvgIpc) is 0.793. The molecular weight excluding hydrogens is 1230 g/mol. The van der Waals surface area contributed by atoms with E-state index in [9.17, 15) is 45.6 Å². The van der Waals surface area contributed by atoms with Gasteiger partial charge < -0.3 is 65.1 Å². The number of carbonyl (C=O) groups excluding carboxylic acids is 1. The standard InChI is InChI=1S/C84H155NO13/c1-3-5-7-9-11-13-15-17-19-21-23-25-27-28-29-30-31-32-33-34-35-36-37-38-39-40-41-42-43-44-46-48-50-52-54-56-58-60-62-64-66-68-76(89)85-72(71-95-83-81(94)79(92)82(75(70-87)97-83)98-84-80(93)78(91)77(90)74(69-86)96-84)73(88)67-65-63-61-59-57-55-53-51-49-47-45-26-24-22-20-18-16-14-12-10-8-6-4-2/h5,7,11,13,17,19,23,25,65,67,72-75,77-84,86-88,90-94H,3-4,6,8-10,12,14-16,18,20-22,24,26-64,66,68-71H2,1-2H3,(H,85,89)/b7-5-,13-11-,19-17-,25-23-,67-65+. The highest BCUT2D eigenvalue weighted by Crippen LogP contribution is 2.30. The fraction of sp³-hybridized carbons (Fsp3) is 0.869. The maximum atomic E-state index is 13.4. The van der Waals surface area contributed by atoms with Gasteiger partial charge >= 0.3 is 0 Å². The summed E-state index contributed by atoms with van der Waals surface area (Å²) in [6.07, 6.45) is 76.1. The monoisotopic (exact) mass is 1390 g/mol. The van der Waals surface area contributed by atoms with Gasteiger partial charge in [0.2, 0.25) is 5.91 Å². The van der Waals surface area contributed by atoms with Crippen LogP contribution in [-0.4, -0.2) is 140 Å². The van der Waals surface area contributed by atoms with Crippen molar-refractivity contribution in [3.05, 3.63) is 60.8 Å². The lowest BCUT2D eigenvalue weighted by atomic mass is 9.97. The van der Waals surface area contributed by atoms with Crippen LogP contribution in [0.15, 0.2) is 60.8 Å². The van der Waals surface area contributed by atoms with Crippen molar-refractivity contribution in [2.75, 3.05) is 19.8 Å². The molecule has 574 valence electrons. The molecule has 12 unspecified atom stereocenters. The fourth-order valence-electron chi connectivity index (χ4n) is 13.7. The molecule has 2 saturated heterocycles. The minimum Gasteiger partial charge on any atom is -0.394 e. The first-order valence-corrected chi connectivity index (χ1v) is 41.5. The van der Waals surface area contributed by atoms with Crippen molar-refractivity contribution in [2.45, 2.75) is 447 Å². The van der Waals surface area contributed by atoms with E-state index in [0.29, 0.717) is 6.42 Å². The van der Waals surface area contributed by atoms with E-state index in [-0.39, 0.29) is 18.9 Å². The molecule has 1 amide bonds. The Morgan fingerprint density at radius 1 is 0.378 bits per heavy atom. The van der Waals surface area contributed by atoms with E-state index < -0.39 is 86.8 Å². The fourth-order valence-corrected chi connectivity index (χ4v) is 13.7. The lowest BCUT2D eigenvalue weighted by molar-refractivity contribution is -0.359. The van der Waals surface area contributed by atoms with E-state index >= 15 is 0 Å². The van der Waals surface area contributed by atoms with Crippen molar-refractivity contribution >= 4 is 5.91 Å². The highest BCUT2D eigenvalue weighted by molar-refractivity contribution is 5.76. The molecule has 14 heteroatoms. The number of hydrogen-bond donors (Lipinski definition) is 9. The molecule has 0 radical (unpaired) electrons. The number of amides is 1. The lowest BCUT2D eigenvalue weighted by Crippen LogP contribution is -2.65. The Morgan fingerprint density at radius 2 is 0.704 bits per heavy atom. The van der Waals surface area contributed by atoms with Gasteiger partial charge in [-0.25, -0.2) is 0 Å². The van der Waals surface area contributed by atoms with Crippen LogP contribution in [-0.2, 0) is 23.7 Å². The van der Waals surface area contributed by atoms with E-state index in [1.54, 1.807) is 6.08 Å². The van der Waals surface area contributed by atoms with Gasteiger partial charge in [0, 0.05) is 6.42 Å². The molecule has 12 atom stereocenters. The summed E-state index contributed by atoms with van der Waals surface area (Å²) in [5.74, 6) is -0.231. The van der Waals surface area contributed by atoms with Crippen LogP contribution in [0.2, 0.25) is 0 Å². The highest BCUT2D eigenvalue weighted by atomic mass is 16.7. The van der Waals surface area contributed by atoms with Crippen molar-refractivity contribution < 1.29 is 64.6 Å². The van der Waals surface area contributed by atoms with E-state index in [0.717, 1.165) is 64.2 Å². The molecule has 0 spiro atoms. The molecule has 2 aliphatic rings. The highest BCUT2D eigenvalue weighted by Gasteiger charge is 2.51. The molecule has 0 bridgehead atoms. The number of unbranched alkanes of at least 4 members (excludes halogenated alkanes) is 49. The summed E-state index contributed by atoms with van der Waals surface area (Å²) in [6.45, 7) is 2.75. The van der Waals surface area contributed by atoms with Crippen LogP contribution in [0.25, 0.3) is 0 Å². The number of hydrogen-bond acceptors (Lipinski definition) is 13. The smallest absolute Gasteiger partial charge is 0.220 e. The third-order valence-corrected chi connectivity index (χ3v) is 20.2. The van der Waals surface area contributed by atoms with Crippen LogP contribution in [0.1, 0.15) is 373 Å². The Morgan fingerprint density at radius 3 is 1.08 bits per heavy atom. The van der Waals surface area contributed by atoms with Gasteiger partial charge in [-0.15, -0.1) is 0 Å². The molecule has 14 nitrogen and oxygen atoms in total. The Hall–Kier alpha value is -2.31. The Labute approximate surface area is 600 Å². The number of carbonyl (C=O) groups is 1. The number of aliphatic hydroxyl groups is 8. The van der Waals surface area contributed by atoms with Gasteiger partial charge in [0.05, 0.1) is 32.0 Å². The second kappa shape index (κ2) is 67.8. The van der Waals surface area contributed by atoms with Crippen LogP contribution in [0.4, 0.5) is 0 Å². The predicted octanol–water partition coefficient (Wildman–Crippen LogP) is 19.1. The van der Waals surface area contributed by atoms with Crippen molar-refractivity contribution in [1.82, 2.24) is 5.32 Å². The molecule has 2 aliphatic heterocycles. The Bertz CT molecular complexity index is 1880. The second-order valence-corrected chi connectivity index (χ2v) is 29.2. The normalized spacial score (nSPS) is 22.3. The first-order chi connectivity index (χ1) is 48.1. The van der Waals surface area contributed by atoms with Crippen LogP contribution in [0, 0.1) is 0 Å². The largest absolute Gasteiger partial charge is 0.394 e. The number of aliphatic hydroxyl groups excluding tert-OH is 8. The van der Waals surface area contributed by atoms with Gasteiger partial charge in [0.1, 0.15) is 48.8 Å². The van der Waals surface area contributed by atoms with E-state index in [2.05, 4.69) is 67.8 Å². The Kier molecular flexibility index (Phi) is 63.5. The summed E-state index contributed by atoms with van der Waals surface area (Å²) >= 11 is 0. The van der Waals surface area contributed by atoms with Gasteiger partial charge in [0.25, 0.3) is 0 Å². The van der Waals surface area contributed by atoms with Gasteiger partial charge in [-0.05, 0) is 57.8 Å². The van der Waals surface area contributed by atoms with Crippen molar-refractivity contribution in [3.8, 4) is 0 Å². The molecule has 0 aliphatic carbocycles. The van der Waals surface area contributed by atoms with Gasteiger partial charge in [-0.3, -0.25) is 4.79 Å². The Balaban J connectivity index is 1.55. The molecule has 0 aromatic carbocycles. The summed E-state index contributed by atoms with van der Waals surface area (Å²) in [6, 6.07) is -0.915. The van der Waals surface area contributed by atoms with E-state index in [4.69, 9.17) is 18.9 Å². The first kappa shape index (κ1) is 91.8. The summed E-state index contributed by atoms with van der Waals surface area (Å²) in [5.41, 5.74) is 0. The summed E-state index contributed by atoms with van der Waals surface area (Å²) in [7, 11) is 0. The molecule has 0 aromatic heterocycles. The zero-order chi connectivity index (χ0) is 70.8. The van der Waals surface area contributed by atoms with E-state index in [1.165, 1.54) is 283 Å². The average molecular weight is 1390 g/mol. The zero-order valence-corrected chi connectivity index (χ0v) is 63.0. The molecule has 2 heterocycles. The molecule has 98 heavy (non-hydrogen) atoms. The number of rotatable bonds is 70. The van der Waals surface area contributed by atoms with Crippen LogP contribution >= 0.6 is 0 Å². The minimum atomic E-state index is -1.79. The quantitative estimate of drug-likeness (QED) is 0.0204. The molecule has 2 fully saturated rings. The maximum Gasteiger partial charge on any atom is 0.220 e. The van der Waals surface area contributed by atoms with E-state index in [1.807, 2.05) is 6.08 Å². The third kappa shape index (κ3) is 50.2. The zero-order valence-electron chi connectivity index (χ0n) is 63.0. The maximum absolute atomic E-state index is 13.4. The SMILES string of the molecule is CC/C=C\C/C=C\C/C=C\C/C=C\CCCCCCCCCCCCCCCCCCCCCCCCCCCCCCC(=O)NC(COC1OC(CO)C(OC2OC(CO)C(O)C(O)C2O)C(O)C1O)C(O)/C=C/CCCCCCCCCCCCCCCCCCCCCCC. The topological polar surface area (TPSA) is 228 Å². The third-order valence-electron chi connectivity index (χ3n) is 20.2. The molecule has 9 N–H and O–H groups in total. The van der Waals surface area contributed by atoms with Crippen molar-refractivity contribution in [2.24, 2.45) is 0 Å². The summed E-state index contributed by atoms with van der Waals surface area (Å²) < 4.78 is 22.9. The summed E-state index contributed by atoms with van der Waals surface area (Å²) in [4.78, 5) is 13.4. The summed E-state index contributed by atoms with van der Waals surface area (Å²) in [5, 5.41) is 87.7. The second-order valence-electron chi connectivity index (χ2n) is 29.2. The first-order valence-electron chi connectivity index (χ1n) is 41.5. The van der Waals surface area contributed by atoms with Gasteiger partial charge in [0.15, 0.2) is 12.6 Å². The van der Waals surface area contributed by atoms with Crippen LogP contribution in [0.5, 0.6) is 0 Å².